The quantitative estimate of drug-likeness (QED) is 0.633. The molecule has 0 saturated heterocycles. The van der Waals surface area contributed by atoms with Crippen molar-refractivity contribution >= 4 is 0 Å². The van der Waals surface area contributed by atoms with Crippen LogP contribution >= 0.6 is 0 Å². The summed E-state index contributed by atoms with van der Waals surface area (Å²) in [5.41, 5.74) is 2.73. The van der Waals surface area contributed by atoms with Gasteiger partial charge in [-0.2, -0.15) is 0 Å². The van der Waals surface area contributed by atoms with Gasteiger partial charge >= 0.3 is 0 Å². The summed E-state index contributed by atoms with van der Waals surface area (Å²) in [6.45, 7) is 8.13. The summed E-state index contributed by atoms with van der Waals surface area (Å²) in [5, 5.41) is 0. The van der Waals surface area contributed by atoms with Crippen molar-refractivity contribution < 1.29 is 4.74 Å². The summed E-state index contributed by atoms with van der Waals surface area (Å²) in [6, 6.07) is 0. The lowest BCUT2D eigenvalue weighted by atomic mass is 9.48. The number of allylic oxidation sites excluding steroid dienone is 4. The van der Waals surface area contributed by atoms with Crippen LogP contribution in [0.4, 0.5) is 0 Å². The second kappa shape index (κ2) is 4.67. The van der Waals surface area contributed by atoms with Crippen LogP contribution in [0.2, 0.25) is 0 Å². The molecule has 1 nitrogen and oxygen atoms in total. The lowest BCUT2D eigenvalue weighted by Gasteiger charge is -2.57. The molecule has 3 fully saturated rings. The Labute approximate surface area is 141 Å². The van der Waals surface area contributed by atoms with Crippen molar-refractivity contribution in [2.45, 2.75) is 65.7 Å². The Morgan fingerprint density at radius 2 is 2.09 bits per heavy atom. The molecule has 126 valence electrons. The number of hydrogen-bond acceptors (Lipinski definition) is 1. The normalized spacial score (nSPS) is 53.3. The number of hydrogen-bond donors (Lipinski definition) is 0. The van der Waals surface area contributed by atoms with Crippen LogP contribution in [0.1, 0.15) is 65.7 Å². The van der Waals surface area contributed by atoms with Crippen LogP contribution < -0.4 is 0 Å². The minimum absolute atomic E-state index is 0.428. The number of fused-ring (bicyclic) bond motifs is 7. The van der Waals surface area contributed by atoms with Gasteiger partial charge in [-0.1, -0.05) is 19.9 Å². The van der Waals surface area contributed by atoms with Crippen LogP contribution in [-0.2, 0) is 4.74 Å². The first kappa shape index (κ1) is 14.6. The molecule has 0 unspecified atom stereocenters. The van der Waals surface area contributed by atoms with Crippen molar-refractivity contribution in [3.8, 4) is 0 Å². The first-order valence-corrected chi connectivity index (χ1v) is 10.1. The molecular weight excluding hydrogens is 280 g/mol. The second-order valence-electron chi connectivity index (χ2n) is 9.71. The summed E-state index contributed by atoms with van der Waals surface area (Å²) in [7, 11) is 0. The molecule has 5 aliphatic carbocycles. The van der Waals surface area contributed by atoms with Gasteiger partial charge in [-0.15, -0.1) is 0 Å². The maximum atomic E-state index is 5.84. The van der Waals surface area contributed by atoms with Crippen molar-refractivity contribution in [1.29, 1.82) is 0 Å². The Morgan fingerprint density at radius 3 is 2.91 bits per heavy atom. The first-order valence-electron chi connectivity index (χ1n) is 10.1. The second-order valence-corrected chi connectivity index (χ2v) is 9.71. The third-order valence-electron chi connectivity index (χ3n) is 8.60. The monoisotopic (exact) mass is 312 g/mol. The summed E-state index contributed by atoms with van der Waals surface area (Å²) < 4.78 is 5.84. The van der Waals surface area contributed by atoms with Gasteiger partial charge in [0.2, 0.25) is 0 Å². The Bertz CT molecular complexity index is 587. The Kier molecular flexibility index (Phi) is 2.97. The van der Waals surface area contributed by atoms with Gasteiger partial charge in [0.25, 0.3) is 0 Å². The van der Waals surface area contributed by atoms with E-state index in [-0.39, 0.29) is 0 Å². The van der Waals surface area contributed by atoms with Gasteiger partial charge in [0.15, 0.2) is 0 Å². The first-order chi connectivity index (χ1) is 11.0. The average Bonchev–Trinajstić information content (AvgIpc) is 3.18. The van der Waals surface area contributed by atoms with E-state index in [0.29, 0.717) is 10.8 Å². The van der Waals surface area contributed by atoms with E-state index in [1.807, 2.05) is 0 Å². The van der Waals surface area contributed by atoms with Crippen molar-refractivity contribution in [3.05, 3.63) is 23.5 Å². The Hall–Kier alpha value is -0.720. The molecule has 1 heteroatoms. The van der Waals surface area contributed by atoms with E-state index in [9.17, 15) is 0 Å². The predicted octanol–water partition coefficient (Wildman–Crippen LogP) is 5.73. The maximum Gasteiger partial charge on any atom is 0.0962 e. The molecule has 0 spiro atoms. The molecule has 0 amide bonds. The lowest BCUT2D eigenvalue weighted by Crippen LogP contribution is -2.49. The zero-order valence-electron chi connectivity index (χ0n) is 15.1. The van der Waals surface area contributed by atoms with E-state index in [2.05, 4.69) is 32.9 Å². The van der Waals surface area contributed by atoms with Gasteiger partial charge in [-0.25, -0.2) is 0 Å². The van der Waals surface area contributed by atoms with Crippen molar-refractivity contribution in [3.63, 3.8) is 0 Å². The van der Waals surface area contributed by atoms with E-state index in [1.54, 1.807) is 18.4 Å². The third-order valence-corrected chi connectivity index (χ3v) is 8.60. The molecule has 23 heavy (non-hydrogen) atoms. The molecule has 0 aromatic rings. The highest BCUT2D eigenvalue weighted by Crippen LogP contribution is 2.73. The summed E-state index contributed by atoms with van der Waals surface area (Å²) in [5.74, 6) is 6.39. The Balaban J connectivity index is 1.49. The number of rotatable bonds is 2. The smallest absolute Gasteiger partial charge is 0.0962 e. The third kappa shape index (κ3) is 1.91. The molecule has 5 aliphatic rings. The molecule has 5 rings (SSSR count). The molecule has 0 aromatic heterocycles. The molecule has 0 radical (unpaired) electrons. The van der Waals surface area contributed by atoms with Gasteiger partial charge in [0.1, 0.15) is 0 Å². The molecular formula is C22H32O. The molecule has 0 bridgehead atoms. The molecule has 0 heterocycles. The maximum absolute atomic E-state index is 5.84. The van der Waals surface area contributed by atoms with Gasteiger partial charge in [0.05, 0.1) is 12.4 Å². The largest absolute Gasteiger partial charge is 0.498 e. The molecule has 0 aliphatic heterocycles. The van der Waals surface area contributed by atoms with Crippen LogP contribution in [0.3, 0.4) is 0 Å². The van der Waals surface area contributed by atoms with E-state index in [0.717, 1.165) is 42.6 Å². The highest BCUT2D eigenvalue weighted by molar-refractivity contribution is 5.36. The van der Waals surface area contributed by atoms with Crippen molar-refractivity contribution in [2.75, 3.05) is 6.61 Å². The van der Waals surface area contributed by atoms with Gasteiger partial charge < -0.3 is 4.74 Å². The van der Waals surface area contributed by atoms with Gasteiger partial charge in [-0.05, 0) is 97.5 Å². The van der Waals surface area contributed by atoms with Crippen molar-refractivity contribution in [2.24, 2.45) is 40.4 Å². The average molecular weight is 312 g/mol. The van der Waals surface area contributed by atoms with Crippen LogP contribution in [-0.4, -0.2) is 6.61 Å². The Morgan fingerprint density at radius 1 is 1.22 bits per heavy atom. The highest BCUT2D eigenvalue weighted by atomic mass is 16.5. The summed E-state index contributed by atoms with van der Waals surface area (Å²) in [4.78, 5) is 0. The van der Waals surface area contributed by atoms with E-state index in [4.69, 9.17) is 4.74 Å². The van der Waals surface area contributed by atoms with Crippen LogP contribution in [0, 0.1) is 40.4 Å². The van der Waals surface area contributed by atoms with Gasteiger partial charge in [-0.3, -0.25) is 0 Å². The van der Waals surface area contributed by atoms with Crippen LogP contribution in [0.15, 0.2) is 23.5 Å². The summed E-state index contributed by atoms with van der Waals surface area (Å²) in [6.07, 6.45) is 14.9. The highest BCUT2D eigenvalue weighted by Gasteiger charge is 2.65. The van der Waals surface area contributed by atoms with Crippen LogP contribution in [0.25, 0.3) is 0 Å². The van der Waals surface area contributed by atoms with Crippen molar-refractivity contribution in [1.82, 2.24) is 0 Å². The fourth-order valence-electron chi connectivity index (χ4n) is 7.54. The molecule has 0 aromatic carbocycles. The number of ether oxygens (including phenoxy) is 1. The van der Waals surface area contributed by atoms with E-state index < -0.39 is 0 Å². The topological polar surface area (TPSA) is 9.23 Å². The van der Waals surface area contributed by atoms with E-state index >= 15 is 0 Å². The molecule has 0 N–H and O–H groups in total. The fourth-order valence-corrected chi connectivity index (χ4v) is 7.54. The standard InChI is InChI=1S/C22H32O/c1-4-23-16-7-10-22(3)15(12-16)5-6-17-19(22)8-9-21(2)13-14-11-18(14)20(17)21/h5,12,14,17-20H,4,6-11,13H2,1-3H3/t14-,17-,18-,19+,20-,21-,22+/m1/s1. The molecule has 3 saturated carbocycles. The van der Waals surface area contributed by atoms with Crippen LogP contribution in [0.5, 0.6) is 0 Å². The summed E-state index contributed by atoms with van der Waals surface area (Å²) >= 11 is 0. The van der Waals surface area contributed by atoms with E-state index in [1.165, 1.54) is 31.4 Å². The van der Waals surface area contributed by atoms with Gasteiger partial charge in [0, 0.05) is 6.42 Å². The fraction of sp³-hybridized carbons (Fsp3) is 0.818. The zero-order chi connectivity index (χ0) is 15.8. The SMILES string of the molecule is CCOC1=CC2=CC[C@H]3[C@@H]4[C@@H]5C[C@@H]5C[C@@]4(C)CC[C@@H]3[C@@]2(C)CC1. The lowest BCUT2D eigenvalue weighted by molar-refractivity contribution is -0.0338. The minimum atomic E-state index is 0.428. The molecule has 7 atom stereocenters. The zero-order valence-corrected chi connectivity index (χ0v) is 15.1. The predicted molar refractivity (Wildman–Crippen MR) is 93.8 cm³/mol. The minimum Gasteiger partial charge on any atom is -0.498 e.